The Morgan fingerprint density at radius 1 is 1.24 bits per heavy atom. The molecular weight excluding hydrogens is 219 g/mol. The molecule has 0 saturated carbocycles. The van der Waals surface area contributed by atoms with E-state index in [0.29, 0.717) is 23.5 Å². The number of ether oxygens (including phenoxy) is 2. The van der Waals surface area contributed by atoms with E-state index in [1.807, 2.05) is 6.92 Å². The molecule has 0 saturated heterocycles. The van der Waals surface area contributed by atoms with Gasteiger partial charge >= 0.3 is 0 Å². The lowest BCUT2D eigenvalue weighted by Crippen LogP contribution is -2.00. The van der Waals surface area contributed by atoms with Crippen molar-refractivity contribution >= 4 is 0 Å². The van der Waals surface area contributed by atoms with Crippen molar-refractivity contribution in [2.24, 2.45) is 0 Å². The molecule has 0 aromatic heterocycles. The van der Waals surface area contributed by atoms with Crippen LogP contribution in [0.15, 0.2) is 12.1 Å². The van der Waals surface area contributed by atoms with Crippen LogP contribution in [-0.4, -0.2) is 14.2 Å². The van der Waals surface area contributed by atoms with Crippen LogP contribution in [0.1, 0.15) is 31.7 Å². The monoisotopic (exact) mass is 236 g/mol. The van der Waals surface area contributed by atoms with Crippen LogP contribution in [0, 0.1) is 17.7 Å². The molecule has 92 valence electrons. The second-order valence-electron chi connectivity index (χ2n) is 3.76. The minimum absolute atomic E-state index is 0.0299. The Morgan fingerprint density at radius 3 is 2.35 bits per heavy atom. The Balaban J connectivity index is 3.10. The molecule has 0 fully saturated rings. The number of halogens is 1. The zero-order chi connectivity index (χ0) is 12.8. The van der Waals surface area contributed by atoms with Crippen molar-refractivity contribution in [2.75, 3.05) is 14.2 Å². The van der Waals surface area contributed by atoms with Gasteiger partial charge in [0.05, 0.1) is 14.2 Å². The van der Waals surface area contributed by atoms with Gasteiger partial charge in [-0.1, -0.05) is 6.92 Å². The number of benzene rings is 1. The summed E-state index contributed by atoms with van der Waals surface area (Å²) in [7, 11) is 3.03. The predicted molar refractivity (Wildman–Crippen MR) is 66.0 cm³/mol. The van der Waals surface area contributed by atoms with E-state index in [0.717, 1.165) is 0 Å². The summed E-state index contributed by atoms with van der Waals surface area (Å²) in [6.45, 7) is 3.71. The summed E-state index contributed by atoms with van der Waals surface area (Å²) >= 11 is 0. The van der Waals surface area contributed by atoms with E-state index in [1.165, 1.54) is 20.3 Å². The molecule has 0 heterocycles. The molecule has 1 atom stereocenters. The van der Waals surface area contributed by atoms with Crippen molar-refractivity contribution < 1.29 is 13.9 Å². The van der Waals surface area contributed by atoms with Crippen LogP contribution in [0.5, 0.6) is 11.5 Å². The smallest absolute Gasteiger partial charge is 0.163 e. The maximum Gasteiger partial charge on any atom is 0.163 e. The van der Waals surface area contributed by atoms with Crippen molar-refractivity contribution in [3.05, 3.63) is 23.5 Å². The van der Waals surface area contributed by atoms with Crippen molar-refractivity contribution in [3.8, 4) is 23.3 Å². The van der Waals surface area contributed by atoms with Gasteiger partial charge in [-0.2, -0.15) is 0 Å². The molecular formula is C14H17FO2. The molecule has 2 nitrogen and oxygen atoms in total. The number of hydrogen-bond acceptors (Lipinski definition) is 2. The van der Waals surface area contributed by atoms with Crippen LogP contribution in [0.4, 0.5) is 4.39 Å². The van der Waals surface area contributed by atoms with Crippen LogP contribution in [0.25, 0.3) is 0 Å². The van der Waals surface area contributed by atoms with Gasteiger partial charge in [-0.25, -0.2) is 4.39 Å². The molecule has 0 aliphatic carbocycles. The van der Waals surface area contributed by atoms with Crippen LogP contribution in [0.2, 0.25) is 0 Å². The van der Waals surface area contributed by atoms with Crippen molar-refractivity contribution in [3.63, 3.8) is 0 Å². The fourth-order valence-corrected chi connectivity index (χ4v) is 1.61. The van der Waals surface area contributed by atoms with Gasteiger partial charge < -0.3 is 9.47 Å². The molecule has 1 rings (SSSR count). The molecule has 0 amide bonds. The van der Waals surface area contributed by atoms with Crippen LogP contribution in [0.3, 0.4) is 0 Å². The molecule has 3 heteroatoms. The van der Waals surface area contributed by atoms with Crippen LogP contribution in [-0.2, 0) is 0 Å². The zero-order valence-corrected chi connectivity index (χ0v) is 10.6. The molecule has 0 spiro atoms. The topological polar surface area (TPSA) is 18.5 Å². The molecule has 0 aliphatic heterocycles. The lowest BCUT2D eigenvalue weighted by atomic mass is 9.97. The van der Waals surface area contributed by atoms with Gasteiger partial charge in [0.2, 0.25) is 0 Å². The fraction of sp³-hybridized carbons (Fsp3) is 0.429. The molecule has 1 aromatic rings. The Kier molecular flexibility index (Phi) is 4.84. The third kappa shape index (κ3) is 3.13. The zero-order valence-electron chi connectivity index (χ0n) is 10.6. The van der Waals surface area contributed by atoms with E-state index in [2.05, 4.69) is 11.8 Å². The van der Waals surface area contributed by atoms with Crippen molar-refractivity contribution in [1.82, 2.24) is 0 Å². The summed E-state index contributed by atoms with van der Waals surface area (Å²) in [6.07, 6.45) is 0.628. The first-order valence-electron chi connectivity index (χ1n) is 5.45. The molecule has 0 aliphatic rings. The van der Waals surface area contributed by atoms with E-state index in [4.69, 9.17) is 9.47 Å². The molecule has 17 heavy (non-hydrogen) atoms. The Labute approximate surface area is 102 Å². The first-order chi connectivity index (χ1) is 8.13. The summed E-state index contributed by atoms with van der Waals surface area (Å²) < 4.78 is 24.0. The average Bonchev–Trinajstić information content (AvgIpc) is 2.35. The minimum Gasteiger partial charge on any atom is -0.493 e. The number of hydrogen-bond donors (Lipinski definition) is 0. The molecule has 1 aromatic carbocycles. The largest absolute Gasteiger partial charge is 0.493 e. The highest BCUT2D eigenvalue weighted by Crippen LogP contribution is 2.33. The van der Waals surface area contributed by atoms with Crippen LogP contribution < -0.4 is 9.47 Å². The SMILES string of the molecule is CC#CCC(C)c1cc(OC)c(OC)cc1F. The number of rotatable bonds is 4. The summed E-state index contributed by atoms with van der Waals surface area (Å²) in [5, 5.41) is 0. The highest BCUT2D eigenvalue weighted by Gasteiger charge is 2.15. The van der Waals surface area contributed by atoms with E-state index < -0.39 is 0 Å². The highest BCUT2D eigenvalue weighted by molar-refractivity contribution is 5.44. The maximum absolute atomic E-state index is 13.8. The lowest BCUT2D eigenvalue weighted by molar-refractivity contribution is 0.351. The molecule has 0 bridgehead atoms. The number of methoxy groups -OCH3 is 2. The van der Waals surface area contributed by atoms with Gasteiger partial charge in [-0.3, -0.25) is 0 Å². The Hall–Kier alpha value is -1.69. The van der Waals surface area contributed by atoms with Gasteiger partial charge in [0, 0.05) is 12.5 Å². The van der Waals surface area contributed by atoms with Gasteiger partial charge in [0.25, 0.3) is 0 Å². The first-order valence-corrected chi connectivity index (χ1v) is 5.45. The van der Waals surface area contributed by atoms with Gasteiger partial charge in [0.1, 0.15) is 5.82 Å². The first kappa shape index (κ1) is 13.4. The van der Waals surface area contributed by atoms with Crippen LogP contribution >= 0.6 is 0 Å². The van der Waals surface area contributed by atoms with Crippen molar-refractivity contribution in [1.29, 1.82) is 0 Å². The van der Waals surface area contributed by atoms with Crippen molar-refractivity contribution in [2.45, 2.75) is 26.2 Å². The average molecular weight is 236 g/mol. The summed E-state index contributed by atoms with van der Waals surface area (Å²) in [5.74, 6) is 6.45. The van der Waals surface area contributed by atoms with E-state index in [9.17, 15) is 4.39 Å². The van der Waals surface area contributed by atoms with Gasteiger partial charge in [-0.15, -0.1) is 11.8 Å². The van der Waals surface area contributed by atoms with E-state index in [-0.39, 0.29) is 11.7 Å². The molecule has 0 radical (unpaired) electrons. The normalized spacial score (nSPS) is 11.4. The maximum atomic E-state index is 13.8. The standard InChI is InChI=1S/C14H17FO2/c1-5-6-7-10(2)11-8-13(16-3)14(17-4)9-12(11)15/h8-10H,7H2,1-4H3. The second kappa shape index (κ2) is 6.15. The summed E-state index contributed by atoms with van der Waals surface area (Å²) in [6, 6.07) is 3.03. The summed E-state index contributed by atoms with van der Waals surface area (Å²) in [4.78, 5) is 0. The third-order valence-corrected chi connectivity index (χ3v) is 2.62. The highest BCUT2D eigenvalue weighted by atomic mass is 19.1. The summed E-state index contributed by atoms with van der Waals surface area (Å²) in [5.41, 5.74) is 0.602. The second-order valence-corrected chi connectivity index (χ2v) is 3.76. The van der Waals surface area contributed by atoms with Gasteiger partial charge in [-0.05, 0) is 24.5 Å². The predicted octanol–water partition coefficient (Wildman–Crippen LogP) is 3.36. The molecule has 1 unspecified atom stereocenters. The van der Waals surface area contributed by atoms with E-state index in [1.54, 1.807) is 13.0 Å². The lowest BCUT2D eigenvalue weighted by Gasteiger charge is -2.14. The van der Waals surface area contributed by atoms with Gasteiger partial charge in [0.15, 0.2) is 11.5 Å². The fourth-order valence-electron chi connectivity index (χ4n) is 1.61. The Bertz CT molecular complexity index is 444. The Morgan fingerprint density at radius 2 is 1.82 bits per heavy atom. The van der Waals surface area contributed by atoms with E-state index >= 15 is 0 Å². The third-order valence-electron chi connectivity index (χ3n) is 2.62. The molecule has 0 N–H and O–H groups in total. The quantitative estimate of drug-likeness (QED) is 0.746. The minimum atomic E-state index is -0.284.